The highest BCUT2D eigenvalue weighted by Crippen LogP contribution is 2.32. The Morgan fingerprint density at radius 2 is 1.95 bits per heavy atom. The third-order valence-corrected chi connectivity index (χ3v) is 6.03. The lowest BCUT2D eigenvalue weighted by Gasteiger charge is -2.22. The summed E-state index contributed by atoms with van der Waals surface area (Å²) in [5.74, 6) is 0. The van der Waals surface area contributed by atoms with Gasteiger partial charge in [0, 0.05) is 20.2 Å². The molecule has 22 heavy (non-hydrogen) atoms. The van der Waals surface area contributed by atoms with Crippen LogP contribution in [0.4, 0.5) is 0 Å². The molecule has 1 aliphatic heterocycles. The molecule has 0 spiro atoms. The van der Waals surface area contributed by atoms with Crippen LogP contribution >= 0.6 is 12.4 Å². The van der Waals surface area contributed by atoms with E-state index in [0.29, 0.717) is 31.1 Å². The van der Waals surface area contributed by atoms with E-state index in [2.05, 4.69) is 0 Å². The van der Waals surface area contributed by atoms with E-state index in [-0.39, 0.29) is 17.8 Å². The molecule has 1 saturated heterocycles. The van der Waals surface area contributed by atoms with E-state index in [0.717, 1.165) is 18.4 Å². The second-order valence-electron chi connectivity index (χ2n) is 5.99. The van der Waals surface area contributed by atoms with Crippen LogP contribution in [-0.2, 0) is 21.2 Å². The number of ether oxygens (including phenoxy) is 1. The standard InChI is InChI=1S/C15H24N2O3S.ClH/c1-15(11-16)8-9-17(12-15)21(18,19)14-5-3-13(4-6-14)7-10-20-2;/h3-6H,7-12,16H2,1-2H3;1H. The molecule has 1 unspecified atom stereocenters. The highest BCUT2D eigenvalue weighted by molar-refractivity contribution is 7.89. The normalized spacial score (nSPS) is 22.5. The number of halogens is 1. The van der Waals surface area contributed by atoms with E-state index < -0.39 is 10.0 Å². The van der Waals surface area contributed by atoms with Crippen molar-refractivity contribution in [2.75, 3.05) is 33.4 Å². The number of benzene rings is 1. The molecule has 2 rings (SSSR count). The lowest BCUT2D eigenvalue weighted by Crippen LogP contribution is -2.34. The Balaban J connectivity index is 0.00000242. The predicted molar refractivity (Wildman–Crippen MR) is 89.8 cm³/mol. The van der Waals surface area contributed by atoms with Gasteiger partial charge in [-0.15, -0.1) is 12.4 Å². The molecule has 1 aromatic rings. The van der Waals surface area contributed by atoms with Crippen molar-refractivity contribution in [1.82, 2.24) is 4.31 Å². The first-order chi connectivity index (χ1) is 9.91. The molecule has 1 aromatic carbocycles. The van der Waals surface area contributed by atoms with Crippen LogP contribution in [0.5, 0.6) is 0 Å². The van der Waals surface area contributed by atoms with E-state index >= 15 is 0 Å². The molecular formula is C15H25ClN2O3S. The lowest BCUT2D eigenvalue weighted by molar-refractivity contribution is 0.202. The van der Waals surface area contributed by atoms with Crippen LogP contribution in [0.25, 0.3) is 0 Å². The molecule has 1 fully saturated rings. The summed E-state index contributed by atoms with van der Waals surface area (Å²) < 4.78 is 31.8. The first kappa shape index (κ1) is 19.4. The summed E-state index contributed by atoms with van der Waals surface area (Å²) >= 11 is 0. The molecule has 5 nitrogen and oxygen atoms in total. The first-order valence-electron chi connectivity index (χ1n) is 7.19. The summed E-state index contributed by atoms with van der Waals surface area (Å²) in [6, 6.07) is 7.06. The Kier molecular flexibility index (Phi) is 6.83. The zero-order valence-corrected chi connectivity index (χ0v) is 14.8. The third-order valence-electron chi connectivity index (χ3n) is 4.17. The van der Waals surface area contributed by atoms with Crippen LogP contribution in [0.2, 0.25) is 0 Å². The van der Waals surface area contributed by atoms with Crippen LogP contribution < -0.4 is 5.73 Å². The molecule has 0 aromatic heterocycles. The van der Waals surface area contributed by atoms with E-state index in [1.165, 1.54) is 0 Å². The van der Waals surface area contributed by atoms with Crippen molar-refractivity contribution in [3.8, 4) is 0 Å². The average Bonchev–Trinajstić information content (AvgIpc) is 2.89. The fourth-order valence-electron chi connectivity index (χ4n) is 2.55. The molecule has 0 amide bonds. The summed E-state index contributed by atoms with van der Waals surface area (Å²) in [4.78, 5) is 0.352. The Morgan fingerprint density at radius 3 is 2.45 bits per heavy atom. The summed E-state index contributed by atoms with van der Waals surface area (Å²) in [5.41, 5.74) is 6.71. The second kappa shape index (κ2) is 7.75. The summed E-state index contributed by atoms with van der Waals surface area (Å²) in [6.45, 7) is 4.22. The summed E-state index contributed by atoms with van der Waals surface area (Å²) in [7, 11) is -1.76. The van der Waals surface area contributed by atoms with Gasteiger partial charge >= 0.3 is 0 Å². The second-order valence-corrected chi connectivity index (χ2v) is 7.93. The zero-order chi connectivity index (χ0) is 15.5. The molecule has 1 heterocycles. The van der Waals surface area contributed by atoms with Gasteiger partial charge in [-0.2, -0.15) is 4.31 Å². The smallest absolute Gasteiger partial charge is 0.243 e. The number of hydrogen-bond donors (Lipinski definition) is 1. The van der Waals surface area contributed by atoms with Crippen LogP contribution in [0.1, 0.15) is 18.9 Å². The van der Waals surface area contributed by atoms with Crippen molar-refractivity contribution in [1.29, 1.82) is 0 Å². The Labute approximate surface area is 139 Å². The minimum Gasteiger partial charge on any atom is -0.384 e. The maximum atomic E-state index is 12.6. The Hall–Kier alpha value is -0.660. The molecule has 126 valence electrons. The number of methoxy groups -OCH3 is 1. The minimum atomic E-state index is -3.41. The van der Waals surface area contributed by atoms with E-state index in [9.17, 15) is 8.42 Å². The molecule has 1 aliphatic rings. The molecule has 2 N–H and O–H groups in total. The lowest BCUT2D eigenvalue weighted by atomic mass is 9.90. The van der Waals surface area contributed by atoms with Gasteiger partial charge in [-0.05, 0) is 42.5 Å². The average molecular weight is 349 g/mol. The maximum Gasteiger partial charge on any atom is 0.243 e. The summed E-state index contributed by atoms with van der Waals surface area (Å²) in [6.07, 6.45) is 1.60. The summed E-state index contributed by atoms with van der Waals surface area (Å²) in [5, 5.41) is 0. The van der Waals surface area contributed by atoms with E-state index in [1.807, 2.05) is 19.1 Å². The van der Waals surface area contributed by atoms with Gasteiger partial charge in [0.25, 0.3) is 0 Å². The number of sulfonamides is 1. The fraction of sp³-hybridized carbons (Fsp3) is 0.600. The highest BCUT2D eigenvalue weighted by atomic mass is 35.5. The van der Waals surface area contributed by atoms with Crippen LogP contribution in [0.3, 0.4) is 0 Å². The number of rotatable bonds is 6. The Morgan fingerprint density at radius 1 is 1.32 bits per heavy atom. The SMILES string of the molecule is COCCc1ccc(S(=O)(=O)N2CCC(C)(CN)C2)cc1.Cl. The molecule has 0 bridgehead atoms. The van der Waals surface area contributed by atoms with Crippen LogP contribution in [0.15, 0.2) is 29.2 Å². The monoisotopic (exact) mass is 348 g/mol. The first-order valence-corrected chi connectivity index (χ1v) is 8.63. The van der Waals surface area contributed by atoms with Gasteiger partial charge in [0.1, 0.15) is 0 Å². The fourth-order valence-corrected chi connectivity index (χ4v) is 4.14. The van der Waals surface area contributed by atoms with Crippen molar-refractivity contribution in [3.63, 3.8) is 0 Å². The van der Waals surface area contributed by atoms with Gasteiger partial charge in [-0.3, -0.25) is 0 Å². The molecule has 0 aliphatic carbocycles. The topological polar surface area (TPSA) is 72.6 Å². The van der Waals surface area contributed by atoms with E-state index in [1.54, 1.807) is 23.5 Å². The number of nitrogens with zero attached hydrogens (tertiary/aromatic N) is 1. The van der Waals surface area contributed by atoms with Gasteiger partial charge in [0.15, 0.2) is 0 Å². The molecule has 0 radical (unpaired) electrons. The van der Waals surface area contributed by atoms with Crippen molar-refractivity contribution in [2.45, 2.75) is 24.7 Å². The quantitative estimate of drug-likeness (QED) is 0.848. The molecule has 1 atom stereocenters. The molecular weight excluding hydrogens is 324 g/mol. The number of nitrogens with two attached hydrogens (primary N) is 1. The molecule has 0 saturated carbocycles. The zero-order valence-electron chi connectivity index (χ0n) is 13.1. The number of hydrogen-bond acceptors (Lipinski definition) is 4. The van der Waals surface area contributed by atoms with E-state index in [4.69, 9.17) is 10.5 Å². The maximum absolute atomic E-state index is 12.6. The van der Waals surface area contributed by atoms with Gasteiger partial charge in [0.2, 0.25) is 10.0 Å². The Bertz CT molecular complexity index is 577. The van der Waals surface area contributed by atoms with Gasteiger partial charge in [0.05, 0.1) is 11.5 Å². The van der Waals surface area contributed by atoms with Crippen molar-refractivity contribution < 1.29 is 13.2 Å². The van der Waals surface area contributed by atoms with Crippen molar-refractivity contribution >= 4 is 22.4 Å². The van der Waals surface area contributed by atoms with Crippen molar-refractivity contribution in [3.05, 3.63) is 29.8 Å². The minimum absolute atomic E-state index is 0. The van der Waals surface area contributed by atoms with Gasteiger partial charge in [-0.1, -0.05) is 19.1 Å². The largest absolute Gasteiger partial charge is 0.384 e. The van der Waals surface area contributed by atoms with Crippen molar-refractivity contribution in [2.24, 2.45) is 11.1 Å². The van der Waals surface area contributed by atoms with Gasteiger partial charge in [-0.25, -0.2) is 8.42 Å². The van der Waals surface area contributed by atoms with Gasteiger partial charge < -0.3 is 10.5 Å². The third kappa shape index (κ3) is 4.20. The van der Waals surface area contributed by atoms with Crippen LogP contribution in [-0.4, -0.2) is 46.1 Å². The van der Waals surface area contributed by atoms with Crippen LogP contribution in [0, 0.1) is 5.41 Å². The predicted octanol–water partition coefficient (Wildman–Crippen LogP) is 1.66. The molecule has 7 heteroatoms. The highest BCUT2D eigenvalue weighted by Gasteiger charge is 2.38.